The Morgan fingerprint density at radius 2 is 1.66 bits per heavy atom. The first kappa shape index (κ1) is 21.2. The number of carbonyl (C=O) groups is 2. The summed E-state index contributed by atoms with van der Waals surface area (Å²) in [5.41, 5.74) is 2.73. The van der Waals surface area contributed by atoms with Crippen LogP contribution in [0.1, 0.15) is 22.3 Å². The molecule has 2 aromatic rings. The smallest absolute Gasteiger partial charge is 0.252 e. The molecular weight excluding hydrogens is 382 g/mol. The number of nitrogens with one attached hydrogen (secondary N) is 1. The van der Waals surface area contributed by atoms with Crippen molar-refractivity contribution in [3.8, 4) is 0 Å². The van der Waals surface area contributed by atoms with Crippen LogP contribution in [-0.4, -0.2) is 60.9 Å². The summed E-state index contributed by atoms with van der Waals surface area (Å²) in [7, 11) is 0. The Labute approximate surface area is 177 Å². The summed E-state index contributed by atoms with van der Waals surface area (Å²) in [4.78, 5) is 30.1. The summed E-state index contributed by atoms with van der Waals surface area (Å²) in [6, 6.07) is 17.3. The highest BCUT2D eigenvalue weighted by Gasteiger charge is 2.29. The van der Waals surface area contributed by atoms with Crippen molar-refractivity contribution in [1.82, 2.24) is 10.2 Å². The van der Waals surface area contributed by atoms with Gasteiger partial charge in [-0.1, -0.05) is 36.4 Å². The van der Waals surface area contributed by atoms with Crippen LogP contribution < -0.4 is 10.2 Å². The molecule has 1 aliphatic rings. The van der Waals surface area contributed by atoms with Crippen molar-refractivity contribution in [1.29, 1.82) is 0 Å². The van der Waals surface area contributed by atoms with Crippen LogP contribution in [-0.2, 0) is 4.79 Å². The van der Waals surface area contributed by atoms with Gasteiger partial charge in [-0.3, -0.25) is 9.59 Å². The molecule has 0 saturated carbocycles. The van der Waals surface area contributed by atoms with Crippen LogP contribution in [0, 0.1) is 6.92 Å². The highest BCUT2D eigenvalue weighted by Crippen LogP contribution is 2.17. The number of anilines is 1. The maximum Gasteiger partial charge on any atom is 0.252 e. The van der Waals surface area contributed by atoms with Crippen LogP contribution in [0.15, 0.2) is 54.6 Å². The average Bonchev–Trinajstić information content (AvgIpc) is 2.77. The Hall–Kier alpha value is -2.47. The van der Waals surface area contributed by atoms with E-state index in [0.717, 1.165) is 24.4 Å². The van der Waals surface area contributed by atoms with Gasteiger partial charge in [0.15, 0.2) is 0 Å². The zero-order valence-corrected chi connectivity index (χ0v) is 18.0. The third-order valence-corrected chi connectivity index (χ3v) is 5.96. The van der Waals surface area contributed by atoms with Crippen molar-refractivity contribution >= 4 is 29.3 Å². The van der Waals surface area contributed by atoms with Crippen LogP contribution in [0.25, 0.3) is 0 Å². The van der Waals surface area contributed by atoms with Gasteiger partial charge in [0.2, 0.25) is 5.91 Å². The molecule has 3 rings (SSSR count). The van der Waals surface area contributed by atoms with E-state index < -0.39 is 6.04 Å². The molecule has 0 spiro atoms. The van der Waals surface area contributed by atoms with Crippen molar-refractivity contribution in [2.75, 3.05) is 43.1 Å². The molecule has 2 aromatic carbocycles. The summed E-state index contributed by atoms with van der Waals surface area (Å²) < 4.78 is 0. The summed E-state index contributed by atoms with van der Waals surface area (Å²) >= 11 is 1.69. The minimum Gasteiger partial charge on any atom is -0.368 e. The van der Waals surface area contributed by atoms with E-state index in [0.29, 0.717) is 25.1 Å². The lowest BCUT2D eigenvalue weighted by Gasteiger charge is -2.37. The van der Waals surface area contributed by atoms with Crippen molar-refractivity contribution in [3.63, 3.8) is 0 Å². The number of carbonyl (C=O) groups excluding carboxylic acids is 2. The van der Waals surface area contributed by atoms with Crippen molar-refractivity contribution in [2.45, 2.75) is 19.4 Å². The second-order valence-corrected chi connectivity index (χ2v) is 8.26. The molecule has 0 radical (unpaired) electrons. The van der Waals surface area contributed by atoms with Gasteiger partial charge in [0, 0.05) is 37.4 Å². The zero-order valence-electron chi connectivity index (χ0n) is 17.1. The molecule has 0 aromatic heterocycles. The molecule has 1 N–H and O–H groups in total. The molecule has 154 valence electrons. The van der Waals surface area contributed by atoms with E-state index >= 15 is 0 Å². The van der Waals surface area contributed by atoms with Crippen LogP contribution in [0.2, 0.25) is 0 Å². The van der Waals surface area contributed by atoms with E-state index in [9.17, 15) is 9.59 Å². The first-order valence-electron chi connectivity index (χ1n) is 10.0. The molecular formula is C23H29N3O2S. The standard InChI is InChI=1S/C23H29N3O2S/c1-18-8-6-7-11-20(18)22(27)24-21(12-17-29-2)23(28)26-15-13-25(14-16-26)19-9-4-3-5-10-19/h3-11,21H,12-17H2,1-2H3,(H,24,27). The van der Waals surface area contributed by atoms with Gasteiger partial charge in [-0.25, -0.2) is 0 Å². The zero-order chi connectivity index (χ0) is 20.6. The molecule has 1 saturated heterocycles. The lowest BCUT2D eigenvalue weighted by Crippen LogP contribution is -2.55. The summed E-state index contributed by atoms with van der Waals surface area (Å²) in [6.07, 6.45) is 2.65. The number of para-hydroxylation sites is 1. The van der Waals surface area contributed by atoms with Crippen molar-refractivity contribution < 1.29 is 9.59 Å². The number of rotatable bonds is 7. The largest absolute Gasteiger partial charge is 0.368 e. The second-order valence-electron chi connectivity index (χ2n) is 7.27. The van der Waals surface area contributed by atoms with Gasteiger partial charge >= 0.3 is 0 Å². The topological polar surface area (TPSA) is 52.7 Å². The van der Waals surface area contributed by atoms with Crippen LogP contribution in [0.4, 0.5) is 5.69 Å². The summed E-state index contributed by atoms with van der Waals surface area (Å²) in [6.45, 7) is 4.86. The molecule has 1 heterocycles. The highest BCUT2D eigenvalue weighted by molar-refractivity contribution is 7.98. The fourth-order valence-corrected chi connectivity index (χ4v) is 4.07. The Morgan fingerprint density at radius 1 is 1.00 bits per heavy atom. The monoisotopic (exact) mass is 411 g/mol. The molecule has 0 bridgehead atoms. The van der Waals surface area contributed by atoms with E-state index in [-0.39, 0.29) is 11.8 Å². The molecule has 29 heavy (non-hydrogen) atoms. The average molecular weight is 412 g/mol. The van der Waals surface area contributed by atoms with E-state index in [1.165, 1.54) is 5.69 Å². The normalized spacial score (nSPS) is 15.1. The predicted molar refractivity (Wildman–Crippen MR) is 121 cm³/mol. The minimum absolute atomic E-state index is 0.0219. The fraction of sp³-hybridized carbons (Fsp3) is 0.391. The van der Waals surface area contributed by atoms with Gasteiger partial charge in [-0.05, 0) is 49.1 Å². The van der Waals surface area contributed by atoms with Gasteiger partial charge in [-0.15, -0.1) is 0 Å². The van der Waals surface area contributed by atoms with Gasteiger partial charge in [0.25, 0.3) is 5.91 Å². The first-order valence-corrected chi connectivity index (χ1v) is 11.4. The summed E-state index contributed by atoms with van der Waals surface area (Å²) in [5.74, 6) is 0.674. The Kier molecular flexibility index (Phi) is 7.58. The van der Waals surface area contributed by atoms with Crippen molar-refractivity contribution in [3.05, 3.63) is 65.7 Å². The molecule has 1 atom stereocenters. The lowest BCUT2D eigenvalue weighted by atomic mass is 10.1. The number of benzene rings is 2. The minimum atomic E-state index is -0.488. The molecule has 2 amide bonds. The quantitative estimate of drug-likeness (QED) is 0.760. The second kappa shape index (κ2) is 10.3. The number of hydrogen-bond acceptors (Lipinski definition) is 4. The maximum absolute atomic E-state index is 13.2. The van der Waals surface area contributed by atoms with E-state index in [4.69, 9.17) is 0 Å². The lowest BCUT2D eigenvalue weighted by molar-refractivity contribution is -0.133. The van der Waals surface area contributed by atoms with Gasteiger partial charge < -0.3 is 15.1 Å². The first-order chi connectivity index (χ1) is 14.1. The molecule has 1 unspecified atom stereocenters. The number of thioether (sulfide) groups is 1. The van der Waals surface area contributed by atoms with E-state index in [2.05, 4.69) is 22.3 Å². The van der Waals surface area contributed by atoms with E-state index in [1.54, 1.807) is 17.8 Å². The van der Waals surface area contributed by atoms with Crippen LogP contribution in [0.3, 0.4) is 0 Å². The molecule has 1 fully saturated rings. The van der Waals surface area contributed by atoms with Crippen LogP contribution in [0.5, 0.6) is 0 Å². The fourth-order valence-electron chi connectivity index (χ4n) is 3.60. The number of amides is 2. The Morgan fingerprint density at radius 3 is 2.31 bits per heavy atom. The van der Waals surface area contributed by atoms with Gasteiger partial charge in [0.05, 0.1) is 0 Å². The predicted octanol–water partition coefficient (Wildman–Crippen LogP) is 3.20. The third kappa shape index (κ3) is 5.54. The van der Waals surface area contributed by atoms with Gasteiger partial charge in [0.1, 0.15) is 6.04 Å². The molecule has 6 heteroatoms. The van der Waals surface area contributed by atoms with Gasteiger partial charge in [-0.2, -0.15) is 11.8 Å². The number of nitrogens with zero attached hydrogens (tertiary/aromatic N) is 2. The van der Waals surface area contributed by atoms with E-state index in [1.807, 2.05) is 54.5 Å². The highest BCUT2D eigenvalue weighted by atomic mass is 32.2. The molecule has 0 aliphatic carbocycles. The number of aryl methyl sites for hydroxylation is 1. The number of piperazine rings is 1. The van der Waals surface area contributed by atoms with Crippen LogP contribution >= 0.6 is 11.8 Å². The SMILES string of the molecule is CSCCC(NC(=O)c1ccccc1C)C(=O)N1CCN(c2ccccc2)CC1. The maximum atomic E-state index is 13.2. The molecule has 5 nitrogen and oxygen atoms in total. The van der Waals surface area contributed by atoms with Crippen molar-refractivity contribution in [2.24, 2.45) is 0 Å². The number of hydrogen-bond donors (Lipinski definition) is 1. The molecule has 1 aliphatic heterocycles. The summed E-state index contributed by atoms with van der Waals surface area (Å²) in [5, 5.41) is 2.99. The Balaban J connectivity index is 1.63. The third-order valence-electron chi connectivity index (χ3n) is 5.32. The Bertz CT molecular complexity index is 820.